The van der Waals surface area contributed by atoms with Gasteiger partial charge in [0.05, 0.1) is 11.4 Å². The van der Waals surface area contributed by atoms with Gasteiger partial charge in [-0.3, -0.25) is 4.90 Å². The zero-order valence-corrected chi connectivity index (χ0v) is 9.44. The number of amides is 2. The molecule has 0 aromatic heterocycles. The lowest BCUT2D eigenvalue weighted by Crippen LogP contribution is -2.46. The number of nitrogen functional groups attached to an aromatic ring is 1. The summed E-state index contributed by atoms with van der Waals surface area (Å²) in [6.07, 6.45) is 3.38. The second-order valence-corrected chi connectivity index (χ2v) is 4.20. The molecule has 0 saturated heterocycles. The Morgan fingerprint density at radius 1 is 1.44 bits per heavy atom. The van der Waals surface area contributed by atoms with E-state index in [9.17, 15) is 4.79 Å². The van der Waals surface area contributed by atoms with Crippen molar-refractivity contribution in [3.63, 3.8) is 0 Å². The first-order chi connectivity index (χ1) is 7.68. The molecule has 0 radical (unpaired) electrons. The molecule has 1 aromatic rings. The topological polar surface area (TPSA) is 58.4 Å². The van der Waals surface area contributed by atoms with E-state index in [1.54, 1.807) is 18.0 Å². The van der Waals surface area contributed by atoms with E-state index in [1.165, 1.54) is 6.42 Å². The molecular weight excluding hydrogens is 202 g/mol. The molecular formula is C12H17N3O. The molecule has 4 heteroatoms. The van der Waals surface area contributed by atoms with Crippen molar-refractivity contribution < 1.29 is 4.79 Å². The summed E-state index contributed by atoms with van der Waals surface area (Å²) in [5, 5.41) is 2.97. The Bertz CT molecular complexity index is 388. The van der Waals surface area contributed by atoms with Crippen molar-refractivity contribution >= 4 is 17.4 Å². The largest absolute Gasteiger partial charge is 0.397 e. The Morgan fingerprint density at radius 2 is 2.12 bits per heavy atom. The van der Waals surface area contributed by atoms with E-state index in [4.69, 9.17) is 5.73 Å². The maximum absolute atomic E-state index is 11.9. The number of urea groups is 1. The number of benzene rings is 1. The van der Waals surface area contributed by atoms with Gasteiger partial charge in [0.1, 0.15) is 0 Å². The van der Waals surface area contributed by atoms with Gasteiger partial charge in [-0.1, -0.05) is 12.1 Å². The number of carbonyl (C=O) groups is 1. The normalized spacial score (nSPS) is 15.3. The predicted molar refractivity (Wildman–Crippen MR) is 65.4 cm³/mol. The van der Waals surface area contributed by atoms with E-state index in [1.807, 2.05) is 18.2 Å². The molecule has 1 aromatic carbocycles. The molecule has 0 aliphatic heterocycles. The molecule has 4 nitrogen and oxygen atoms in total. The van der Waals surface area contributed by atoms with Gasteiger partial charge in [0.2, 0.25) is 0 Å². The van der Waals surface area contributed by atoms with E-state index in [2.05, 4.69) is 5.32 Å². The van der Waals surface area contributed by atoms with Crippen LogP contribution in [0.5, 0.6) is 0 Å². The van der Waals surface area contributed by atoms with Crippen LogP contribution in [0.1, 0.15) is 19.3 Å². The summed E-state index contributed by atoms with van der Waals surface area (Å²) in [4.78, 5) is 13.4. The molecule has 0 bridgehead atoms. The Morgan fingerprint density at radius 3 is 2.69 bits per heavy atom. The van der Waals surface area contributed by atoms with E-state index < -0.39 is 0 Å². The third-order valence-corrected chi connectivity index (χ3v) is 3.04. The van der Waals surface area contributed by atoms with Crippen molar-refractivity contribution in [2.45, 2.75) is 25.3 Å². The third kappa shape index (κ3) is 2.10. The summed E-state index contributed by atoms with van der Waals surface area (Å²) in [6.45, 7) is 0. The zero-order chi connectivity index (χ0) is 11.5. The molecule has 1 saturated carbocycles. The molecule has 0 atom stereocenters. The van der Waals surface area contributed by atoms with Crippen LogP contribution < -0.4 is 16.0 Å². The Balaban J connectivity index is 2.03. The fourth-order valence-electron chi connectivity index (χ4n) is 1.73. The SMILES string of the molecule is CN(C(=O)NC1CCC1)c1ccccc1N. The second-order valence-electron chi connectivity index (χ2n) is 4.20. The van der Waals surface area contributed by atoms with Gasteiger partial charge in [-0.15, -0.1) is 0 Å². The summed E-state index contributed by atoms with van der Waals surface area (Å²) in [6, 6.07) is 7.63. The minimum atomic E-state index is -0.0809. The molecule has 1 aliphatic rings. The van der Waals surface area contributed by atoms with Crippen LogP contribution >= 0.6 is 0 Å². The van der Waals surface area contributed by atoms with Gasteiger partial charge in [-0.2, -0.15) is 0 Å². The monoisotopic (exact) mass is 219 g/mol. The van der Waals surface area contributed by atoms with Crippen LogP contribution in [-0.2, 0) is 0 Å². The number of nitrogens with zero attached hydrogens (tertiary/aromatic N) is 1. The van der Waals surface area contributed by atoms with Gasteiger partial charge >= 0.3 is 6.03 Å². The molecule has 3 N–H and O–H groups in total. The second kappa shape index (κ2) is 4.43. The highest BCUT2D eigenvalue weighted by Gasteiger charge is 2.22. The molecule has 2 amide bonds. The number of hydrogen-bond acceptors (Lipinski definition) is 2. The van der Waals surface area contributed by atoms with Gasteiger partial charge in [0, 0.05) is 13.1 Å². The maximum Gasteiger partial charge on any atom is 0.321 e. The number of nitrogens with one attached hydrogen (secondary N) is 1. The summed E-state index contributed by atoms with van der Waals surface area (Å²) in [5.41, 5.74) is 7.18. The first kappa shape index (κ1) is 10.8. The molecule has 0 spiro atoms. The molecule has 1 fully saturated rings. The average Bonchev–Trinajstić information content (AvgIpc) is 2.23. The lowest BCUT2D eigenvalue weighted by Gasteiger charge is -2.29. The Labute approximate surface area is 95.4 Å². The van der Waals surface area contributed by atoms with E-state index in [0.29, 0.717) is 11.7 Å². The molecule has 0 heterocycles. The first-order valence-electron chi connectivity index (χ1n) is 5.57. The van der Waals surface area contributed by atoms with Crippen molar-refractivity contribution in [3.8, 4) is 0 Å². The average molecular weight is 219 g/mol. The highest BCUT2D eigenvalue weighted by atomic mass is 16.2. The minimum absolute atomic E-state index is 0.0809. The Kier molecular flexibility index (Phi) is 2.99. The lowest BCUT2D eigenvalue weighted by molar-refractivity contribution is 0.235. The first-order valence-corrected chi connectivity index (χ1v) is 5.57. The minimum Gasteiger partial charge on any atom is -0.397 e. The van der Waals surface area contributed by atoms with Crippen molar-refractivity contribution in [1.29, 1.82) is 0 Å². The number of hydrogen-bond donors (Lipinski definition) is 2. The zero-order valence-electron chi connectivity index (χ0n) is 9.44. The number of para-hydroxylation sites is 2. The van der Waals surface area contributed by atoms with Crippen molar-refractivity contribution in [1.82, 2.24) is 5.32 Å². The molecule has 2 rings (SSSR count). The number of rotatable bonds is 2. The fraction of sp³-hybridized carbons (Fsp3) is 0.417. The van der Waals surface area contributed by atoms with E-state index >= 15 is 0 Å². The van der Waals surface area contributed by atoms with Gasteiger partial charge in [0.15, 0.2) is 0 Å². The molecule has 1 aliphatic carbocycles. The van der Waals surface area contributed by atoms with Gasteiger partial charge < -0.3 is 11.1 Å². The van der Waals surface area contributed by atoms with Gasteiger partial charge in [0.25, 0.3) is 0 Å². The van der Waals surface area contributed by atoms with Gasteiger partial charge in [-0.25, -0.2) is 4.79 Å². The van der Waals surface area contributed by atoms with Crippen molar-refractivity contribution in [3.05, 3.63) is 24.3 Å². The number of nitrogens with two attached hydrogens (primary N) is 1. The van der Waals surface area contributed by atoms with Crippen LogP contribution in [0.3, 0.4) is 0 Å². The van der Waals surface area contributed by atoms with Gasteiger partial charge in [-0.05, 0) is 31.4 Å². The quantitative estimate of drug-likeness (QED) is 0.747. The van der Waals surface area contributed by atoms with Crippen LogP contribution in [0.15, 0.2) is 24.3 Å². The molecule has 0 unspecified atom stereocenters. The molecule has 86 valence electrons. The third-order valence-electron chi connectivity index (χ3n) is 3.04. The van der Waals surface area contributed by atoms with E-state index in [0.717, 1.165) is 18.5 Å². The maximum atomic E-state index is 11.9. The highest BCUT2D eigenvalue weighted by molar-refractivity contribution is 5.94. The molecule has 16 heavy (non-hydrogen) atoms. The summed E-state index contributed by atoms with van der Waals surface area (Å²) in [5.74, 6) is 0. The summed E-state index contributed by atoms with van der Waals surface area (Å²) >= 11 is 0. The number of anilines is 2. The standard InChI is InChI=1S/C12H17N3O/c1-15(11-8-3-2-7-10(11)13)12(16)14-9-5-4-6-9/h2-3,7-9H,4-6,13H2,1H3,(H,14,16). The van der Waals surface area contributed by atoms with Crippen LogP contribution in [0.2, 0.25) is 0 Å². The summed E-state index contributed by atoms with van der Waals surface area (Å²) in [7, 11) is 1.74. The van der Waals surface area contributed by atoms with Crippen LogP contribution in [0, 0.1) is 0 Å². The Hall–Kier alpha value is -1.71. The van der Waals surface area contributed by atoms with E-state index in [-0.39, 0.29) is 6.03 Å². The summed E-state index contributed by atoms with van der Waals surface area (Å²) < 4.78 is 0. The lowest BCUT2D eigenvalue weighted by atomic mass is 9.93. The smallest absolute Gasteiger partial charge is 0.321 e. The van der Waals surface area contributed by atoms with Crippen LogP contribution in [-0.4, -0.2) is 19.1 Å². The van der Waals surface area contributed by atoms with Crippen LogP contribution in [0.25, 0.3) is 0 Å². The van der Waals surface area contributed by atoms with Crippen LogP contribution in [0.4, 0.5) is 16.2 Å². The van der Waals surface area contributed by atoms with Crippen molar-refractivity contribution in [2.24, 2.45) is 0 Å². The number of carbonyl (C=O) groups excluding carboxylic acids is 1. The fourth-order valence-corrected chi connectivity index (χ4v) is 1.73. The highest BCUT2D eigenvalue weighted by Crippen LogP contribution is 2.22. The van der Waals surface area contributed by atoms with Crippen molar-refractivity contribution in [2.75, 3.05) is 17.7 Å². The predicted octanol–water partition coefficient (Wildman–Crippen LogP) is 1.97.